The maximum absolute atomic E-state index is 12.4. The molecule has 0 saturated carbocycles. The lowest BCUT2D eigenvalue weighted by Crippen LogP contribution is -2.27. The summed E-state index contributed by atoms with van der Waals surface area (Å²) >= 11 is 0. The van der Waals surface area contributed by atoms with E-state index in [1.54, 1.807) is 6.20 Å². The van der Waals surface area contributed by atoms with Crippen molar-refractivity contribution in [1.29, 1.82) is 0 Å². The smallest absolute Gasteiger partial charge is 0.229 e. The van der Waals surface area contributed by atoms with E-state index < -0.39 is 5.41 Å². The van der Waals surface area contributed by atoms with Gasteiger partial charge in [0, 0.05) is 28.2 Å². The summed E-state index contributed by atoms with van der Waals surface area (Å²) in [4.78, 5) is 16.8. The van der Waals surface area contributed by atoms with E-state index in [9.17, 15) is 4.79 Å². The molecule has 0 aliphatic rings. The van der Waals surface area contributed by atoms with Crippen LogP contribution in [0.25, 0.3) is 22.0 Å². The van der Waals surface area contributed by atoms with Crippen molar-refractivity contribution in [3.05, 3.63) is 60.8 Å². The van der Waals surface area contributed by atoms with Crippen LogP contribution in [0, 0.1) is 5.41 Å². The fraction of sp³-hybridized carbons (Fsp3) is 0.200. The largest absolute Gasteiger partial charge is 0.325 e. The molecule has 3 heteroatoms. The standard InChI is InChI=1S/C20H20N2O/c1-20(2,3)19(23)22-18-11-7-5-9-16(18)14-12-13-21-17-10-6-4-8-15(14)17/h4-13H,1-3H3,(H,22,23). The van der Waals surface area contributed by atoms with Gasteiger partial charge in [-0.25, -0.2) is 0 Å². The predicted molar refractivity (Wildman–Crippen MR) is 95.3 cm³/mol. The van der Waals surface area contributed by atoms with Gasteiger partial charge in [-0.15, -0.1) is 0 Å². The molecule has 0 saturated heterocycles. The molecular formula is C20H20N2O. The van der Waals surface area contributed by atoms with Crippen LogP contribution in [0.5, 0.6) is 0 Å². The Hall–Kier alpha value is -2.68. The second-order valence-electron chi connectivity index (χ2n) is 6.63. The molecule has 0 fully saturated rings. The third kappa shape index (κ3) is 3.09. The Bertz CT molecular complexity index is 857. The first-order chi connectivity index (χ1) is 11.0. The number of nitrogens with one attached hydrogen (secondary N) is 1. The maximum Gasteiger partial charge on any atom is 0.229 e. The summed E-state index contributed by atoms with van der Waals surface area (Å²) in [5, 5.41) is 4.13. The van der Waals surface area contributed by atoms with Crippen LogP contribution in [0.4, 0.5) is 5.69 Å². The number of benzene rings is 2. The molecule has 1 N–H and O–H groups in total. The molecule has 0 spiro atoms. The van der Waals surface area contributed by atoms with Crippen LogP contribution < -0.4 is 5.32 Å². The quantitative estimate of drug-likeness (QED) is 0.732. The van der Waals surface area contributed by atoms with Gasteiger partial charge in [-0.1, -0.05) is 57.2 Å². The molecule has 3 aromatic rings. The Labute approximate surface area is 136 Å². The van der Waals surface area contributed by atoms with Gasteiger partial charge in [0.25, 0.3) is 0 Å². The molecule has 0 unspecified atom stereocenters. The first-order valence-corrected chi connectivity index (χ1v) is 7.71. The topological polar surface area (TPSA) is 42.0 Å². The van der Waals surface area contributed by atoms with Gasteiger partial charge in [0.1, 0.15) is 0 Å². The molecule has 116 valence electrons. The lowest BCUT2D eigenvalue weighted by atomic mass is 9.94. The highest BCUT2D eigenvalue weighted by Gasteiger charge is 2.22. The molecule has 0 radical (unpaired) electrons. The number of carbonyl (C=O) groups excluding carboxylic acids is 1. The number of aromatic nitrogens is 1. The highest BCUT2D eigenvalue weighted by molar-refractivity contribution is 6.02. The van der Waals surface area contributed by atoms with Crippen molar-refractivity contribution in [3.63, 3.8) is 0 Å². The van der Waals surface area contributed by atoms with E-state index in [1.807, 2.05) is 69.3 Å². The summed E-state index contributed by atoms with van der Waals surface area (Å²) in [5.74, 6) is 0.00307. The monoisotopic (exact) mass is 304 g/mol. The molecule has 1 amide bonds. The molecule has 1 heterocycles. The molecule has 0 aliphatic carbocycles. The molecule has 1 aromatic heterocycles. The number of rotatable bonds is 2. The van der Waals surface area contributed by atoms with Crippen molar-refractivity contribution in [1.82, 2.24) is 4.98 Å². The van der Waals surface area contributed by atoms with E-state index in [1.165, 1.54) is 0 Å². The molecule has 0 aliphatic heterocycles. The SMILES string of the molecule is CC(C)(C)C(=O)Nc1ccccc1-c1ccnc2ccccc12. The number of pyridine rings is 1. The van der Waals surface area contributed by atoms with Crippen LogP contribution in [0.3, 0.4) is 0 Å². The van der Waals surface area contributed by atoms with Crippen molar-refractivity contribution in [2.75, 3.05) is 5.32 Å². The minimum Gasteiger partial charge on any atom is -0.325 e. The number of hydrogen-bond donors (Lipinski definition) is 1. The number of fused-ring (bicyclic) bond motifs is 1. The number of para-hydroxylation sites is 2. The zero-order valence-corrected chi connectivity index (χ0v) is 13.6. The van der Waals surface area contributed by atoms with Gasteiger partial charge in [0.2, 0.25) is 5.91 Å². The van der Waals surface area contributed by atoms with E-state index >= 15 is 0 Å². The fourth-order valence-electron chi connectivity index (χ4n) is 2.47. The van der Waals surface area contributed by atoms with Gasteiger partial charge in [0.05, 0.1) is 5.52 Å². The number of anilines is 1. The van der Waals surface area contributed by atoms with Crippen LogP contribution in [0.15, 0.2) is 60.8 Å². The van der Waals surface area contributed by atoms with Crippen LogP contribution >= 0.6 is 0 Å². The van der Waals surface area contributed by atoms with Gasteiger partial charge in [-0.05, 0) is 23.8 Å². The molecule has 2 aromatic carbocycles. The van der Waals surface area contributed by atoms with Crippen molar-refractivity contribution in [3.8, 4) is 11.1 Å². The molecule has 0 atom stereocenters. The molecule has 23 heavy (non-hydrogen) atoms. The van der Waals surface area contributed by atoms with Crippen LogP contribution in [-0.4, -0.2) is 10.9 Å². The maximum atomic E-state index is 12.4. The highest BCUT2D eigenvalue weighted by Crippen LogP contribution is 2.33. The van der Waals surface area contributed by atoms with Gasteiger partial charge >= 0.3 is 0 Å². The zero-order valence-electron chi connectivity index (χ0n) is 13.6. The highest BCUT2D eigenvalue weighted by atomic mass is 16.2. The van der Waals surface area contributed by atoms with Crippen LogP contribution in [0.2, 0.25) is 0 Å². The fourth-order valence-corrected chi connectivity index (χ4v) is 2.47. The lowest BCUT2D eigenvalue weighted by Gasteiger charge is -2.20. The third-order valence-electron chi connectivity index (χ3n) is 3.80. The van der Waals surface area contributed by atoms with E-state index in [4.69, 9.17) is 0 Å². The first kappa shape index (κ1) is 15.2. The van der Waals surface area contributed by atoms with Crippen molar-refractivity contribution < 1.29 is 4.79 Å². The lowest BCUT2D eigenvalue weighted by molar-refractivity contribution is -0.123. The Morgan fingerprint density at radius 2 is 1.61 bits per heavy atom. The zero-order chi connectivity index (χ0) is 16.4. The summed E-state index contributed by atoms with van der Waals surface area (Å²) < 4.78 is 0. The molecular weight excluding hydrogens is 284 g/mol. The summed E-state index contributed by atoms with van der Waals surface area (Å²) in [7, 11) is 0. The predicted octanol–water partition coefficient (Wildman–Crippen LogP) is 4.89. The van der Waals surface area contributed by atoms with E-state index in [0.29, 0.717) is 0 Å². The Morgan fingerprint density at radius 3 is 2.39 bits per heavy atom. The third-order valence-corrected chi connectivity index (χ3v) is 3.80. The van der Waals surface area contributed by atoms with Crippen LogP contribution in [0.1, 0.15) is 20.8 Å². The van der Waals surface area contributed by atoms with Crippen LogP contribution in [-0.2, 0) is 4.79 Å². The number of carbonyl (C=O) groups is 1. The summed E-state index contributed by atoms with van der Waals surface area (Å²) in [6.45, 7) is 5.73. The summed E-state index contributed by atoms with van der Waals surface area (Å²) in [6.07, 6.45) is 1.81. The van der Waals surface area contributed by atoms with Crippen molar-refractivity contribution in [2.45, 2.75) is 20.8 Å². The second-order valence-corrected chi connectivity index (χ2v) is 6.63. The summed E-state index contributed by atoms with van der Waals surface area (Å²) in [5.41, 5.74) is 3.41. The normalized spacial score (nSPS) is 11.4. The Kier molecular flexibility index (Phi) is 3.87. The minimum atomic E-state index is -0.437. The number of nitrogens with zero attached hydrogens (tertiary/aromatic N) is 1. The van der Waals surface area contributed by atoms with E-state index in [-0.39, 0.29) is 5.91 Å². The first-order valence-electron chi connectivity index (χ1n) is 7.71. The van der Waals surface area contributed by atoms with Gasteiger partial charge < -0.3 is 5.32 Å². The van der Waals surface area contributed by atoms with Gasteiger partial charge in [-0.3, -0.25) is 9.78 Å². The minimum absolute atomic E-state index is 0.00307. The molecule has 3 nitrogen and oxygen atoms in total. The second kappa shape index (κ2) is 5.84. The molecule has 0 bridgehead atoms. The molecule has 3 rings (SSSR count). The van der Waals surface area contributed by atoms with Gasteiger partial charge in [0.15, 0.2) is 0 Å². The van der Waals surface area contributed by atoms with Crippen molar-refractivity contribution in [2.24, 2.45) is 5.41 Å². The summed E-state index contributed by atoms with van der Waals surface area (Å²) in [6, 6.07) is 17.9. The van der Waals surface area contributed by atoms with E-state index in [0.717, 1.165) is 27.7 Å². The van der Waals surface area contributed by atoms with Crippen molar-refractivity contribution >= 4 is 22.5 Å². The average Bonchev–Trinajstić information content (AvgIpc) is 2.54. The Balaban J connectivity index is 2.12. The van der Waals surface area contributed by atoms with Gasteiger partial charge in [-0.2, -0.15) is 0 Å². The average molecular weight is 304 g/mol. The number of amides is 1. The Morgan fingerprint density at radius 1 is 0.913 bits per heavy atom. The van der Waals surface area contributed by atoms with E-state index in [2.05, 4.69) is 16.4 Å². The number of hydrogen-bond acceptors (Lipinski definition) is 2.